The van der Waals surface area contributed by atoms with Crippen LogP contribution in [0.4, 0.5) is 27.7 Å². The van der Waals surface area contributed by atoms with E-state index < -0.39 is 0 Å². The Morgan fingerprint density at radius 2 is 1.71 bits per heavy atom. The standard InChI is InChI=1S/C10H11FN6/c11-6-1-3-7(4-2-6)14-8-5-9(17-13)16-10(12)15-8/h1-5H,13H2,(H4,12,14,15,16,17). The molecule has 0 radical (unpaired) electrons. The predicted molar refractivity (Wildman–Crippen MR) is 63.9 cm³/mol. The van der Waals surface area contributed by atoms with Crippen LogP contribution in [0.15, 0.2) is 30.3 Å². The Labute approximate surface area is 96.8 Å². The van der Waals surface area contributed by atoms with Crippen molar-refractivity contribution in [2.24, 2.45) is 5.84 Å². The Kier molecular flexibility index (Phi) is 3.01. The lowest BCUT2D eigenvalue weighted by atomic mass is 10.3. The van der Waals surface area contributed by atoms with Crippen LogP contribution in [0.1, 0.15) is 0 Å². The molecule has 0 aliphatic carbocycles. The fourth-order valence-corrected chi connectivity index (χ4v) is 1.28. The predicted octanol–water partition coefficient (Wildman–Crippen LogP) is 1.23. The van der Waals surface area contributed by atoms with Gasteiger partial charge in [0.15, 0.2) is 0 Å². The number of nitrogens with zero attached hydrogens (tertiary/aromatic N) is 2. The smallest absolute Gasteiger partial charge is 0.223 e. The van der Waals surface area contributed by atoms with Crippen LogP contribution >= 0.6 is 0 Å². The lowest BCUT2D eigenvalue weighted by molar-refractivity contribution is 0.628. The van der Waals surface area contributed by atoms with E-state index in [0.717, 1.165) is 0 Å². The first kappa shape index (κ1) is 11.1. The van der Waals surface area contributed by atoms with Crippen LogP contribution in [0.25, 0.3) is 0 Å². The minimum Gasteiger partial charge on any atom is -0.368 e. The van der Waals surface area contributed by atoms with Gasteiger partial charge in [-0.3, -0.25) is 0 Å². The molecule has 1 heterocycles. The molecule has 0 aliphatic rings. The first-order valence-corrected chi connectivity index (χ1v) is 4.81. The summed E-state index contributed by atoms with van der Waals surface area (Å²) in [6, 6.07) is 7.44. The molecule has 0 bridgehead atoms. The number of hydrogen-bond acceptors (Lipinski definition) is 6. The van der Waals surface area contributed by atoms with E-state index in [1.165, 1.54) is 12.1 Å². The fraction of sp³-hybridized carbons (Fsp3) is 0. The number of anilines is 4. The molecule has 1 aromatic carbocycles. The van der Waals surface area contributed by atoms with Gasteiger partial charge in [0.2, 0.25) is 5.95 Å². The normalized spacial score (nSPS) is 10.0. The van der Waals surface area contributed by atoms with Crippen molar-refractivity contribution in [2.75, 3.05) is 16.5 Å². The summed E-state index contributed by atoms with van der Waals surface area (Å²) in [6.07, 6.45) is 0. The molecule has 0 atom stereocenters. The Morgan fingerprint density at radius 1 is 1.06 bits per heavy atom. The molecule has 0 amide bonds. The number of benzene rings is 1. The third-order valence-corrected chi connectivity index (χ3v) is 2.01. The van der Waals surface area contributed by atoms with Gasteiger partial charge in [-0.2, -0.15) is 9.97 Å². The maximum Gasteiger partial charge on any atom is 0.223 e. The van der Waals surface area contributed by atoms with E-state index in [9.17, 15) is 4.39 Å². The van der Waals surface area contributed by atoms with Crippen LogP contribution in [0.5, 0.6) is 0 Å². The van der Waals surface area contributed by atoms with Crippen molar-refractivity contribution in [3.05, 3.63) is 36.1 Å². The van der Waals surface area contributed by atoms with Crippen LogP contribution in [0.3, 0.4) is 0 Å². The summed E-state index contributed by atoms with van der Waals surface area (Å²) in [7, 11) is 0. The number of aromatic nitrogens is 2. The van der Waals surface area contributed by atoms with Crippen molar-refractivity contribution in [3.8, 4) is 0 Å². The van der Waals surface area contributed by atoms with E-state index in [-0.39, 0.29) is 11.8 Å². The van der Waals surface area contributed by atoms with Gasteiger partial charge in [-0.15, -0.1) is 0 Å². The maximum absolute atomic E-state index is 12.7. The van der Waals surface area contributed by atoms with E-state index in [4.69, 9.17) is 11.6 Å². The molecule has 0 unspecified atom stereocenters. The highest BCUT2D eigenvalue weighted by atomic mass is 19.1. The maximum atomic E-state index is 12.7. The zero-order chi connectivity index (χ0) is 12.3. The van der Waals surface area contributed by atoms with Crippen LogP contribution < -0.4 is 22.3 Å². The molecule has 6 N–H and O–H groups in total. The largest absolute Gasteiger partial charge is 0.368 e. The second kappa shape index (κ2) is 4.62. The number of nitrogen functional groups attached to an aromatic ring is 2. The SMILES string of the molecule is NNc1cc(Nc2ccc(F)cc2)nc(N)n1. The Hall–Kier alpha value is -2.41. The zero-order valence-corrected chi connectivity index (χ0v) is 8.81. The van der Waals surface area contributed by atoms with E-state index in [1.54, 1.807) is 18.2 Å². The van der Waals surface area contributed by atoms with Gasteiger partial charge >= 0.3 is 0 Å². The summed E-state index contributed by atoms with van der Waals surface area (Å²) >= 11 is 0. The Bertz CT molecular complexity index is 513. The first-order valence-electron chi connectivity index (χ1n) is 4.81. The summed E-state index contributed by atoms with van der Waals surface area (Å²) in [5.41, 5.74) is 8.55. The Balaban J connectivity index is 2.23. The highest BCUT2D eigenvalue weighted by molar-refractivity contribution is 5.60. The fourth-order valence-electron chi connectivity index (χ4n) is 1.28. The molecule has 0 saturated carbocycles. The van der Waals surface area contributed by atoms with Crippen LogP contribution in [0, 0.1) is 5.82 Å². The molecule has 88 valence electrons. The average molecular weight is 234 g/mol. The van der Waals surface area contributed by atoms with Crippen molar-refractivity contribution >= 4 is 23.3 Å². The lowest BCUT2D eigenvalue weighted by Crippen LogP contribution is -2.11. The van der Waals surface area contributed by atoms with Gasteiger partial charge < -0.3 is 16.5 Å². The van der Waals surface area contributed by atoms with Crippen molar-refractivity contribution in [2.45, 2.75) is 0 Å². The Morgan fingerprint density at radius 3 is 2.35 bits per heavy atom. The minimum absolute atomic E-state index is 0.0880. The number of hydrazine groups is 1. The second-order valence-electron chi connectivity index (χ2n) is 3.27. The molecule has 17 heavy (non-hydrogen) atoms. The van der Waals surface area contributed by atoms with Gasteiger partial charge in [-0.1, -0.05) is 0 Å². The third-order valence-electron chi connectivity index (χ3n) is 2.01. The number of halogens is 1. The molecule has 0 spiro atoms. The summed E-state index contributed by atoms with van der Waals surface area (Å²) in [5, 5.41) is 2.95. The molecule has 0 saturated heterocycles. The van der Waals surface area contributed by atoms with Gasteiger partial charge in [-0.05, 0) is 24.3 Å². The summed E-state index contributed by atoms with van der Waals surface area (Å²) in [5.74, 6) is 5.87. The summed E-state index contributed by atoms with van der Waals surface area (Å²) in [4.78, 5) is 7.80. The van der Waals surface area contributed by atoms with Gasteiger partial charge in [-0.25, -0.2) is 10.2 Å². The van der Waals surface area contributed by atoms with Crippen LogP contribution in [0.2, 0.25) is 0 Å². The zero-order valence-electron chi connectivity index (χ0n) is 8.81. The average Bonchev–Trinajstić information content (AvgIpc) is 2.31. The van der Waals surface area contributed by atoms with Crippen molar-refractivity contribution in [1.82, 2.24) is 9.97 Å². The highest BCUT2D eigenvalue weighted by Gasteiger charge is 2.01. The van der Waals surface area contributed by atoms with Crippen molar-refractivity contribution in [3.63, 3.8) is 0 Å². The topological polar surface area (TPSA) is 102 Å². The highest BCUT2D eigenvalue weighted by Crippen LogP contribution is 2.17. The minimum atomic E-state index is -0.304. The van der Waals surface area contributed by atoms with Gasteiger partial charge in [0.05, 0.1) is 0 Å². The van der Waals surface area contributed by atoms with Crippen LogP contribution in [-0.2, 0) is 0 Å². The molecule has 2 aromatic rings. The molecular formula is C10H11FN6. The molecule has 0 aliphatic heterocycles. The molecule has 2 rings (SSSR count). The first-order chi connectivity index (χ1) is 8.17. The second-order valence-corrected chi connectivity index (χ2v) is 3.27. The number of rotatable bonds is 3. The van der Waals surface area contributed by atoms with E-state index in [1.807, 2.05) is 0 Å². The molecule has 0 fully saturated rings. The molecular weight excluding hydrogens is 223 g/mol. The summed E-state index contributed by atoms with van der Waals surface area (Å²) < 4.78 is 12.7. The van der Waals surface area contributed by atoms with Gasteiger partial charge in [0.1, 0.15) is 17.5 Å². The molecule has 7 heteroatoms. The van der Waals surface area contributed by atoms with Crippen molar-refractivity contribution < 1.29 is 4.39 Å². The molecule has 6 nitrogen and oxygen atoms in total. The molecule has 1 aromatic heterocycles. The van der Waals surface area contributed by atoms with Crippen molar-refractivity contribution in [1.29, 1.82) is 0 Å². The van der Waals surface area contributed by atoms with Gasteiger partial charge in [0.25, 0.3) is 0 Å². The van der Waals surface area contributed by atoms with Gasteiger partial charge in [0, 0.05) is 11.8 Å². The number of nitrogens with one attached hydrogen (secondary N) is 2. The summed E-state index contributed by atoms with van der Waals surface area (Å²) in [6.45, 7) is 0. The third kappa shape index (κ3) is 2.79. The quantitative estimate of drug-likeness (QED) is 0.470. The lowest BCUT2D eigenvalue weighted by Gasteiger charge is -2.07. The van der Waals surface area contributed by atoms with E-state index in [2.05, 4.69) is 20.7 Å². The van der Waals surface area contributed by atoms with E-state index in [0.29, 0.717) is 17.3 Å². The monoisotopic (exact) mass is 234 g/mol. The number of hydrogen-bond donors (Lipinski definition) is 4. The number of nitrogens with two attached hydrogens (primary N) is 2. The van der Waals surface area contributed by atoms with Crippen LogP contribution in [-0.4, -0.2) is 9.97 Å². The van der Waals surface area contributed by atoms with E-state index >= 15 is 0 Å².